The molecule has 0 fully saturated rings. The molecule has 0 spiro atoms. The van der Waals surface area contributed by atoms with Gasteiger partial charge < -0.3 is 10.4 Å². The maximum absolute atomic E-state index is 11.6. The van der Waals surface area contributed by atoms with Crippen molar-refractivity contribution in [1.82, 2.24) is 5.32 Å². The van der Waals surface area contributed by atoms with E-state index in [1.165, 1.54) is 0 Å². The molecule has 2 N–H and O–H groups in total. The molecule has 0 atom stereocenters. The van der Waals surface area contributed by atoms with Crippen LogP contribution < -0.4 is 5.32 Å². The molecule has 1 rings (SSSR count). The monoisotopic (exact) mass is 315 g/mol. The number of hydrogen-bond donors (Lipinski definition) is 2. The maximum Gasteiger partial charge on any atom is 0.220 e. The minimum absolute atomic E-state index is 0.0447. The van der Waals surface area contributed by atoms with Crippen LogP contribution in [0.4, 0.5) is 0 Å². The molecular weight excluding hydrogens is 294 g/mol. The minimum Gasteiger partial charge on any atom is -0.396 e. The average Bonchev–Trinajstić information content (AvgIpc) is 2.43. The molecular formula is C15H22ClNO2S. The van der Waals surface area contributed by atoms with E-state index in [9.17, 15) is 4.79 Å². The molecule has 0 unspecified atom stereocenters. The predicted octanol–water partition coefficient (Wildman–Crippen LogP) is 3.35. The maximum atomic E-state index is 11.6. The van der Waals surface area contributed by atoms with Gasteiger partial charge in [0, 0.05) is 34.9 Å². The number of carbonyl (C=O) groups is 1. The van der Waals surface area contributed by atoms with E-state index in [1.807, 2.05) is 38.1 Å². The molecule has 0 saturated carbocycles. The van der Waals surface area contributed by atoms with Gasteiger partial charge in [0.1, 0.15) is 0 Å². The molecule has 5 heteroatoms. The highest BCUT2D eigenvalue weighted by Crippen LogP contribution is 2.21. The molecule has 1 aromatic rings. The predicted molar refractivity (Wildman–Crippen MR) is 85.3 cm³/mol. The molecule has 0 aliphatic heterocycles. The normalized spacial score (nSPS) is 11.4. The number of hydrogen-bond acceptors (Lipinski definition) is 3. The van der Waals surface area contributed by atoms with Crippen molar-refractivity contribution in [2.24, 2.45) is 5.41 Å². The van der Waals surface area contributed by atoms with Gasteiger partial charge in [-0.15, -0.1) is 11.8 Å². The minimum atomic E-state index is -0.256. The van der Waals surface area contributed by atoms with Crippen molar-refractivity contribution < 1.29 is 9.90 Å². The number of benzene rings is 1. The van der Waals surface area contributed by atoms with Crippen LogP contribution in [0.3, 0.4) is 0 Å². The van der Waals surface area contributed by atoms with Gasteiger partial charge in [-0.3, -0.25) is 4.79 Å². The number of halogens is 1. The van der Waals surface area contributed by atoms with E-state index in [0.717, 1.165) is 22.1 Å². The fourth-order valence-electron chi connectivity index (χ4n) is 1.44. The molecule has 0 aliphatic rings. The van der Waals surface area contributed by atoms with E-state index in [1.54, 1.807) is 11.8 Å². The first-order chi connectivity index (χ1) is 9.43. The smallest absolute Gasteiger partial charge is 0.220 e. The molecule has 20 heavy (non-hydrogen) atoms. The summed E-state index contributed by atoms with van der Waals surface area (Å²) in [7, 11) is 0. The summed E-state index contributed by atoms with van der Waals surface area (Å²) in [5.41, 5.74) is -0.256. The second-order valence-corrected chi connectivity index (χ2v) is 7.11. The van der Waals surface area contributed by atoms with Crippen LogP contribution >= 0.6 is 23.4 Å². The number of aliphatic hydroxyl groups is 1. The van der Waals surface area contributed by atoms with Gasteiger partial charge >= 0.3 is 0 Å². The van der Waals surface area contributed by atoms with Crippen LogP contribution in [0.15, 0.2) is 29.2 Å². The summed E-state index contributed by atoms with van der Waals surface area (Å²) < 4.78 is 0. The number of nitrogens with one attached hydrogen (secondary N) is 1. The molecule has 0 heterocycles. The Balaban J connectivity index is 2.14. The lowest BCUT2D eigenvalue weighted by Crippen LogP contribution is -2.35. The highest BCUT2D eigenvalue weighted by molar-refractivity contribution is 7.99. The number of aliphatic hydroxyl groups excluding tert-OH is 1. The number of thioether (sulfide) groups is 1. The molecule has 0 saturated heterocycles. The van der Waals surface area contributed by atoms with Crippen molar-refractivity contribution >= 4 is 29.3 Å². The number of carbonyl (C=O) groups excluding carboxylic acids is 1. The van der Waals surface area contributed by atoms with Gasteiger partial charge in [-0.2, -0.15) is 0 Å². The Hall–Kier alpha value is -0.710. The van der Waals surface area contributed by atoms with Gasteiger partial charge in [-0.25, -0.2) is 0 Å². The Kier molecular flexibility index (Phi) is 7.41. The molecule has 0 radical (unpaired) electrons. The Bertz CT molecular complexity index is 420. The zero-order chi connectivity index (χ0) is 15.0. The summed E-state index contributed by atoms with van der Waals surface area (Å²) in [5.74, 6) is 0.946. The van der Waals surface area contributed by atoms with Crippen LogP contribution in [0.25, 0.3) is 0 Å². The van der Waals surface area contributed by atoms with Crippen LogP contribution in [0, 0.1) is 5.41 Å². The van der Waals surface area contributed by atoms with Crippen LogP contribution in [-0.2, 0) is 4.79 Å². The van der Waals surface area contributed by atoms with Crippen molar-refractivity contribution in [2.75, 3.05) is 18.9 Å². The van der Waals surface area contributed by atoms with Crippen molar-refractivity contribution in [3.63, 3.8) is 0 Å². The Morgan fingerprint density at radius 2 is 2.00 bits per heavy atom. The van der Waals surface area contributed by atoms with Gasteiger partial charge in [0.15, 0.2) is 0 Å². The summed E-state index contributed by atoms with van der Waals surface area (Å²) in [6, 6.07) is 7.70. The SMILES string of the molecule is CC(C)(CO)CNC(=O)CCCSc1ccc(Cl)cc1. The molecule has 112 valence electrons. The first kappa shape index (κ1) is 17.3. The standard InChI is InChI=1S/C15H22ClNO2S/c1-15(2,11-18)10-17-14(19)4-3-9-20-13-7-5-12(16)6-8-13/h5-8,18H,3-4,9-11H2,1-2H3,(H,17,19). The van der Waals surface area contributed by atoms with Gasteiger partial charge in [-0.05, 0) is 36.4 Å². The van der Waals surface area contributed by atoms with E-state index in [4.69, 9.17) is 16.7 Å². The van der Waals surface area contributed by atoms with E-state index in [2.05, 4.69) is 5.32 Å². The molecule has 3 nitrogen and oxygen atoms in total. The fraction of sp³-hybridized carbons (Fsp3) is 0.533. The van der Waals surface area contributed by atoms with E-state index in [0.29, 0.717) is 13.0 Å². The van der Waals surface area contributed by atoms with Crippen molar-refractivity contribution in [2.45, 2.75) is 31.6 Å². The second kappa shape index (κ2) is 8.55. The Labute approximate surface area is 130 Å². The zero-order valence-corrected chi connectivity index (χ0v) is 13.6. The van der Waals surface area contributed by atoms with Crippen molar-refractivity contribution in [3.05, 3.63) is 29.3 Å². The van der Waals surface area contributed by atoms with Crippen LogP contribution in [0.5, 0.6) is 0 Å². The van der Waals surface area contributed by atoms with E-state index < -0.39 is 0 Å². The Morgan fingerprint density at radius 3 is 2.60 bits per heavy atom. The lowest BCUT2D eigenvalue weighted by atomic mass is 9.95. The van der Waals surface area contributed by atoms with Crippen LogP contribution in [-0.4, -0.2) is 29.9 Å². The summed E-state index contributed by atoms with van der Waals surface area (Å²) in [6.07, 6.45) is 1.35. The topological polar surface area (TPSA) is 49.3 Å². The van der Waals surface area contributed by atoms with Gasteiger partial charge in [0.2, 0.25) is 5.91 Å². The summed E-state index contributed by atoms with van der Waals surface area (Å²) in [6.45, 7) is 4.42. The first-order valence-electron chi connectivity index (χ1n) is 6.69. The zero-order valence-electron chi connectivity index (χ0n) is 12.0. The molecule has 1 aromatic carbocycles. The molecule has 0 bridgehead atoms. The summed E-state index contributed by atoms with van der Waals surface area (Å²) in [5, 5.41) is 12.7. The van der Waals surface area contributed by atoms with Crippen LogP contribution in [0.2, 0.25) is 5.02 Å². The third-order valence-electron chi connectivity index (χ3n) is 2.82. The van der Waals surface area contributed by atoms with E-state index in [-0.39, 0.29) is 17.9 Å². The van der Waals surface area contributed by atoms with Crippen LogP contribution in [0.1, 0.15) is 26.7 Å². The van der Waals surface area contributed by atoms with Crippen molar-refractivity contribution in [1.29, 1.82) is 0 Å². The number of amides is 1. The molecule has 0 aliphatic carbocycles. The number of rotatable bonds is 8. The highest BCUT2D eigenvalue weighted by atomic mass is 35.5. The van der Waals surface area contributed by atoms with Gasteiger partial charge in [-0.1, -0.05) is 25.4 Å². The second-order valence-electron chi connectivity index (χ2n) is 5.50. The van der Waals surface area contributed by atoms with Crippen molar-refractivity contribution in [3.8, 4) is 0 Å². The summed E-state index contributed by atoms with van der Waals surface area (Å²) >= 11 is 7.54. The lowest BCUT2D eigenvalue weighted by Gasteiger charge is -2.21. The van der Waals surface area contributed by atoms with Gasteiger partial charge in [0.25, 0.3) is 0 Å². The third-order valence-corrected chi connectivity index (χ3v) is 4.17. The van der Waals surface area contributed by atoms with Gasteiger partial charge in [0.05, 0.1) is 0 Å². The molecule has 1 amide bonds. The largest absolute Gasteiger partial charge is 0.396 e. The lowest BCUT2D eigenvalue weighted by molar-refractivity contribution is -0.121. The quantitative estimate of drug-likeness (QED) is 0.571. The molecule has 0 aromatic heterocycles. The Morgan fingerprint density at radius 1 is 1.35 bits per heavy atom. The highest BCUT2D eigenvalue weighted by Gasteiger charge is 2.17. The fourth-order valence-corrected chi connectivity index (χ4v) is 2.41. The first-order valence-corrected chi connectivity index (χ1v) is 8.05. The van der Waals surface area contributed by atoms with E-state index >= 15 is 0 Å². The third kappa shape index (κ3) is 7.17. The summed E-state index contributed by atoms with van der Waals surface area (Å²) in [4.78, 5) is 12.8. The average molecular weight is 316 g/mol.